The first kappa shape index (κ1) is 13.3. The maximum atomic E-state index is 9.32. The molecule has 1 aromatic carbocycles. The Kier molecular flexibility index (Phi) is 6.40. The van der Waals surface area contributed by atoms with E-state index in [-0.39, 0.29) is 11.2 Å². The van der Waals surface area contributed by atoms with Crippen LogP contribution in [0.2, 0.25) is 4.44 Å². The number of hydrogen-bond acceptors (Lipinski definition) is 2. The molecule has 4 heteroatoms. The van der Waals surface area contributed by atoms with Crippen molar-refractivity contribution in [1.29, 1.82) is 0 Å². The van der Waals surface area contributed by atoms with Gasteiger partial charge < -0.3 is 5.48 Å². The van der Waals surface area contributed by atoms with Crippen molar-refractivity contribution in [3.8, 4) is 11.5 Å². The number of benzene rings is 1. The molecule has 0 bridgehead atoms. The third-order valence-corrected chi connectivity index (χ3v) is 2.30. The Morgan fingerprint density at radius 2 is 2.21 bits per heavy atom. The summed E-state index contributed by atoms with van der Waals surface area (Å²) in [6.45, 7) is 0. The van der Waals surface area contributed by atoms with Crippen LogP contribution in [0.3, 0.4) is 0 Å². The summed E-state index contributed by atoms with van der Waals surface area (Å²) in [5.74, 6) is 0.702. The first-order valence-electron chi connectivity index (χ1n) is 3.96. The quantitative estimate of drug-likeness (QED) is 0.852. The fourth-order valence-corrected chi connectivity index (χ4v) is 1.33. The Morgan fingerprint density at radius 1 is 1.50 bits per heavy atom. The molecule has 0 unspecified atom stereocenters. The first-order chi connectivity index (χ1) is 6.27. The van der Waals surface area contributed by atoms with Crippen LogP contribution in [-0.2, 0) is 0 Å². The molecule has 0 heterocycles. The van der Waals surface area contributed by atoms with Gasteiger partial charge in [-0.05, 0) is 0 Å². The van der Waals surface area contributed by atoms with Crippen LogP contribution in [0.4, 0.5) is 0 Å². The van der Waals surface area contributed by atoms with Crippen LogP contribution in [0.15, 0.2) is 24.3 Å². The van der Waals surface area contributed by atoms with Crippen LogP contribution in [0.1, 0.15) is 5.56 Å². The minimum atomic E-state index is 0. The molecule has 0 aliphatic heterocycles. The fourth-order valence-electron chi connectivity index (χ4n) is 0.993. The van der Waals surface area contributed by atoms with Crippen LogP contribution in [0, 0.1) is 0 Å². The van der Waals surface area contributed by atoms with Crippen LogP contribution in [0.25, 0.3) is 6.08 Å². The van der Waals surface area contributed by atoms with Crippen molar-refractivity contribution in [2.24, 2.45) is 0 Å². The molecule has 0 spiro atoms. The van der Waals surface area contributed by atoms with Gasteiger partial charge in [-0.2, -0.15) is 0 Å². The summed E-state index contributed by atoms with van der Waals surface area (Å²) in [4.78, 5) is 0. The number of methoxy groups -OCH3 is 1. The summed E-state index contributed by atoms with van der Waals surface area (Å²) in [5.41, 5.74) is 1.05. The molecule has 0 aliphatic rings. The van der Waals surface area contributed by atoms with Gasteiger partial charge in [0.25, 0.3) is 0 Å². The number of hydrogen-bond donors (Lipinski definition) is 1. The Labute approximate surface area is 96.8 Å². The van der Waals surface area contributed by atoms with Crippen molar-refractivity contribution in [3.05, 3.63) is 29.8 Å². The molecular weight excluding hydrogens is 287 g/mol. The number of rotatable bonds is 3. The number of phenols is 1. The van der Waals surface area contributed by atoms with Gasteiger partial charge in [0.05, 0.1) is 0 Å². The van der Waals surface area contributed by atoms with E-state index in [9.17, 15) is 5.11 Å². The molecule has 3 radical (unpaired) electrons. The summed E-state index contributed by atoms with van der Waals surface area (Å²) < 4.78 is 6.08. The summed E-state index contributed by atoms with van der Waals surface area (Å²) >= 11 is 1.50. The van der Waals surface area contributed by atoms with Gasteiger partial charge in [0.2, 0.25) is 0 Å². The molecule has 0 fully saturated rings. The summed E-state index contributed by atoms with van der Waals surface area (Å²) in [6, 6.07) is 5.32. The Balaban J connectivity index is 0.00000169. The van der Waals surface area contributed by atoms with Gasteiger partial charge >= 0.3 is 91.3 Å². The van der Waals surface area contributed by atoms with Gasteiger partial charge in [-0.3, -0.25) is 0 Å². The van der Waals surface area contributed by atoms with Crippen molar-refractivity contribution >= 4 is 28.6 Å². The molecule has 3 N–H and O–H groups in total. The van der Waals surface area contributed by atoms with E-state index in [0.29, 0.717) is 5.75 Å². The Hall–Kier alpha value is -0.681. The van der Waals surface area contributed by atoms with Crippen LogP contribution in [0.5, 0.6) is 11.5 Å². The van der Waals surface area contributed by atoms with E-state index < -0.39 is 0 Å². The first-order valence-corrected chi connectivity index (χ1v) is 5.98. The minimum absolute atomic E-state index is 0. The Morgan fingerprint density at radius 3 is 2.79 bits per heavy atom. The predicted molar refractivity (Wildman–Crippen MR) is 57.9 cm³/mol. The molecule has 1 rings (SSSR count). The van der Waals surface area contributed by atoms with Crippen LogP contribution in [-0.4, -0.2) is 40.2 Å². The molecule has 75 valence electrons. The molecule has 14 heavy (non-hydrogen) atoms. The van der Waals surface area contributed by atoms with E-state index in [1.54, 1.807) is 13.2 Å². The normalized spacial score (nSPS) is 9.86. The van der Waals surface area contributed by atoms with Crippen molar-refractivity contribution in [1.82, 2.24) is 0 Å². The maximum Gasteiger partial charge on any atom is -0.412 e. The molecule has 0 saturated heterocycles. The van der Waals surface area contributed by atoms with Gasteiger partial charge in [0, 0.05) is 0 Å². The average Bonchev–Trinajstić information content (AvgIpc) is 2.16. The number of phenolic OH excluding ortho intramolecular Hbond substituents is 1. The summed E-state index contributed by atoms with van der Waals surface area (Å²) in [5, 5.41) is 9.32. The second kappa shape index (κ2) is 6.73. The molecule has 0 aliphatic carbocycles. The van der Waals surface area contributed by atoms with E-state index in [1.165, 1.54) is 22.5 Å². The van der Waals surface area contributed by atoms with E-state index in [1.807, 2.05) is 18.2 Å². The van der Waals surface area contributed by atoms with E-state index in [4.69, 9.17) is 4.74 Å². The zero-order valence-corrected chi connectivity index (χ0v) is 10.8. The van der Waals surface area contributed by atoms with E-state index in [2.05, 4.69) is 6.08 Å². The van der Waals surface area contributed by atoms with Crippen LogP contribution >= 0.6 is 0 Å². The molecular formula is C10H13O3Sn. The summed E-state index contributed by atoms with van der Waals surface area (Å²) in [7, 11) is 1.55. The van der Waals surface area contributed by atoms with Gasteiger partial charge in [-0.1, -0.05) is 0 Å². The molecule has 0 aromatic heterocycles. The number of aromatic hydroxyl groups is 1. The number of ether oxygens (including phenoxy) is 1. The van der Waals surface area contributed by atoms with Crippen molar-refractivity contribution in [3.63, 3.8) is 0 Å². The van der Waals surface area contributed by atoms with Crippen molar-refractivity contribution in [2.45, 2.75) is 4.44 Å². The van der Waals surface area contributed by atoms with Gasteiger partial charge in [0.15, 0.2) is 0 Å². The van der Waals surface area contributed by atoms with E-state index in [0.717, 1.165) is 10.0 Å². The Bertz CT molecular complexity index is 310. The zero-order chi connectivity index (χ0) is 9.68. The smallest absolute Gasteiger partial charge is 0.412 e. The van der Waals surface area contributed by atoms with Crippen LogP contribution < -0.4 is 4.74 Å². The summed E-state index contributed by atoms with van der Waals surface area (Å²) in [6.07, 6.45) is 4.13. The van der Waals surface area contributed by atoms with Gasteiger partial charge in [0.1, 0.15) is 0 Å². The largest absolute Gasteiger partial charge is 0.412 e. The zero-order valence-electron chi connectivity index (χ0n) is 7.95. The average molecular weight is 300 g/mol. The fraction of sp³-hybridized carbons (Fsp3) is 0.200. The standard InChI is InChI=1S/C10H11O2.H2O.Sn/c1-3-4-8-5-6-9(11)10(7-8)12-2;;/h3-7,11H,1H2,2H3;1H2;. The molecule has 0 atom stereocenters. The maximum absolute atomic E-state index is 9.32. The van der Waals surface area contributed by atoms with Gasteiger partial charge in [-0.25, -0.2) is 0 Å². The molecule has 3 nitrogen and oxygen atoms in total. The monoisotopic (exact) mass is 301 g/mol. The van der Waals surface area contributed by atoms with Crippen molar-refractivity contribution in [2.75, 3.05) is 7.11 Å². The number of allylic oxidation sites excluding steroid dienone is 1. The van der Waals surface area contributed by atoms with Gasteiger partial charge in [-0.15, -0.1) is 0 Å². The third kappa shape index (κ3) is 3.59. The molecule has 0 saturated carbocycles. The molecule has 1 aromatic rings. The third-order valence-electron chi connectivity index (χ3n) is 1.63. The minimum Gasteiger partial charge on any atom is -0.412 e. The molecule has 0 amide bonds. The predicted octanol–water partition coefficient (Wildman–Crippen LogP) is 1.18. The second-order valence-corrected chi connectivity index (χ2v) is 3.70. The SMILES string of the molecule is COc1cc(C=C[CH2][Sn])ccc1O.O. The second-order valence-electron chi connectivity index (χ2n) is 2.54. The van der Waals surface area contributed by atoms with E-state index >= 15 is 0 Å². The topological polar surface area (TPSA) is 61.0 Å². The van der Waals surface area contributed by atoms with Crippen molar-refractivity contribution < 1.29 is 15.3 Å².